The number of hydrogen-bond donors (Lipinski definition) is 1. The van der Waals surface area contributed by atoms with Crippen molar-refractivity contribution in [1.29, 1.82) is 0 Å². The molecular weight excluding hydrogens is 211 g/mol. The molecule has 0 fully saturated rings. The maximum absolute atomic E-state index is 12.6. The van der Waals surface area contributed by atoms with E-state index in [0.29, 0.717) is 0 Å². The van der Waals surface area contributed by atoms with Crippen LogP contribution in [-0.2, 0) is 13.0 Å². The number of imidazole rings is 1. The van der Waals surface area contributed by atoms with Gasteiger partial charge in [-0.3, -0.25) is 0 Å². The summed E-state index contributed by atoms with van der Waals surface area (Å²) in [6.45, 7) is 0.813. The van der Waals surface area contributed by atoms with Gasteiger partial charge in [0.05, 0.1) is 0 Å². The molecule has 2 nitrogen and oxygen atoms in total. The Balaban J connectivity index is 2.02. The molecule has 1 aromatic heterocycles. The summed E-state index contributed by atoms with van der Waals surface area (Å²) in [6, 6.07) is 6.55. The van der Waals surface area contributed by atoms with E-state index in [1.54, 1.807) is 12.1 Å². The second-order valence-electron chi connectivity index (χ2n) is 3.34. The second kappa shape index (κ2) is 4.40. The molecule has 0 aliphatic heterocycles. The maximum Gasteiger partial charge on any atom is 0.177 e. The fraction of sp³-hybridized carbons (Fsp3) is 0.182. The summed E-state index contributed by atoms with van der Waals surface area (Å²) in [5.74, 6) is -0.197. The molecule has 0 aliphatic rings. The van der Waals surface area contributed by atoms with E-state index in [-0.39, 0.29) is 5.82 Å². The van der Waals surface area contributed by atoms with Crippen LogP contribution in [0.3, 0.4) is 0 Å². The van der Waals surface area contributed by atoms with Gasteiger partial charge in [0.2, 0.25) is 0 Å². The number of aromatic amines is 1. The third-order valence-electron chi connectivity index (χ3n) is 2.28. The summed E-state index contributed by atoms with van der Waals surface area (Å²) < 4.78 is 15.3. The first-order valence-corrected chi connectivity index (χ1v) is 5.15. The topological polar surface area (TPSA) is 20.7 Å². The Bertz CT molecular complexity index is 484. The standard InChI is InChI=1S/C11H11FN2S/c12-10-3-1-9(2-4-10)5-7-14-8-6-13-11(14)15/h1-4,6,8H,5,7H2,(H,13,15). The van der Waals surface area contributed by atoms with Gasteiger partial charge in [-0.2, -0.15) is 0 Å². The smallest absolute Gasteiger partial charge is 0.177 e. The Labute approximate surface area is 92.4 Å². The monoisotopic (exact) mass is 222 g/mol. The van der Waals surface area contributed by atoms with Crippen LogP contribution in [0.2, 0.25) is 0 Å². The van der Waals surface area contributed by atoms with Gasteiger partial charge in [0.1, 0.15) is 5.82 Å². The lowest BCUT2D eigenvalue weighted by Crippen LogP contribution is -1.99. The number of aryl methyl sites for hydroxylation is 2. The van der Waals surface area contributed by atoms with Crippen LogP contribution < -0.4 is 0 Å². The van der Waals surface area contributed by atoms with Gasteiger partial charge < -0.3 is 9.55 Å². The Hall–Kier alpha value is -1.42. The van der Waals surface area contributed by atoms with Gasteiger partial charge in [-0.25, -0.2) is 4.39 Å². The molecule has 4 heteroatoms. The van der Waals surface area contributed by atoms with Crippen molar-refractivity contribution < 1.29 is 4.39 Å². The molecule has 2 rings (SSSR count). The highest BCUT2D eigenvalue weighted by molar-refractivity contribution is 7.71. The molecule has 0 aliphatic carbocycles. The molecule has 1 N–H and O–H groups in total. The van der Waals surface area contributed by atoms with E-state index in [2.05, 4.69) is 4.98 Å². The first-order valence-electron chi connectivity index (χ1n) is 4.74. The number of rotatable bonds is 3. The predicted octanol–water partition coefficient (Wildman–Crippen LogP) is 2.93. The van der Waals surface area contributed by atoms with Crippen molar-refractivity contribution in [2.75, 3.05) is 0 Å². The lowest BCUT2D eigenvalue weighted by atomic mass is 10.1. The van der Waals surface area contributed by atoms with Crippen molar-refractivity contribution in [3.8, 4) is 0 Å². The quantitative estimate of drug-likeness (QED) is 0.792. The lowest BCUT2D eigenvalue weighted by molar-refractivity contribution is 0.625. The number of nitrogens with zero attached hydrogens (tertiary/aromatic N) is 1. The van der Waals surface area contributed by atoms with Crippen LogP contribution in [-0.4, -0.2) is 9.55 Å². The molecule has 0 bridgehead atoms. The van der Waals surface area contributed by atoms with E-state index in [4.69, 9.17) is 12.2 Å². The third kappa shape index (κ3) is 2.53. The molecule has 0 saturated heterocycles. The Morgan fingerprint density at radius 3 is 2.60 bits per heavy atom. The van der Waals surface area contributed by atoms with Crippen LogP contribution in [0.25, 0.3) is 0 Å². The zero-order valence-electron chi connectivity index (χ0n) is 8.11. The Morgan fingerprint density at radius 1 is 1.27 bits per heavy atom. The van der Waals surface area contributed by atoms with Crippen molar-refractivity contribution in [1.82, 2.24) is 9.55 Å². The van der Waals surface area contributed by atoms with Crippen molar-refractivity contribution in [2.24, 2.45) is 0 Å². The maximum atomic E-state index is 12.6. The molecular formula is C11H11FN2S. The van der Waals surface area contributed by atoms with Crippen LogP contribution in [0.4, 0.5) is 4.39 Å². The van der Waals surface area contributed by atoms with Crippen LogP contribution in [0.1, 0.15) is 5.56 Å². The second-order valence-corrected chi connectivity index (χ2v) is 3.72. The van der Waals surface area contributed by atoms with Crippen LogP contribution in [0.5, 0.6) is 0 Å². The number of H-pyrrole nitrogens is 1. The first kappa shape index (κ1) is 10.1. The number of benzene rings is 1. The van der Waals surface area contributed by atoms with Crippen molar-refractivity contribution in [2.45, 2.75) is 13.0 Å². The molecule has 0 saturated carbocycles. The van der Waals surface area contributed by atoms with Gasteiger partial charge in [0, 0.05) is 18.9 Å². The van der Waals surface area contributed by atoms with E-state index in [1.165, 1.54) is 12.1 Å². The molecule has 0 radical (unpaired) electrons. The molecule has 0 spiro atoms. The zero-order valence-corrected chi connectivity index (χ0v) is 8.93. The number of aromatic nitrogens is 2. The molecule has 0 atom stereocenters. The Kier molecular flexibility index (Phi) is 2.97. The summed E-state index contributed by atoms with van der Waals surface area (Å²) >= 11 is 5.07. The van der Waals surface area contributed by atoms with Crippen LogP contribution in [0, 0.1) is 10.6 Å². The normalized spacial score (nSPS) is 10.5. The van der Waals surface area contributed by atoms with Gasteiger partial charge in [0.25, 0.3) is 0 Å². The SMILES string of the molecule is Fc1ccc(CCn2cc[nH]c2=S)cc1. The summed E-state index contributed by atoms with van der Waals surface area (Å²) in [5.41, 5.74) is 1.11. The molecule has 2 aromatic rings. The summed E-state index contributed by atoms with van der Waals surface area (Å²) in [5, 5.41) is 0. The minimum absolute atomic E-state index is 0.197. The van der Waals surface area contributed by atoms with Crippen LogP contribution in [0.15, 0.2) is 36.7 Å². The number of hydrogen-bond acceptors (Lipinski definition) is 1. The summed E-state index contributed by atoms with van der Waals surface area (Å²) in [7, 11) is 0. The van der Waals surface area contributed by atoms with E-state index in [9.17, 15) is 4.39 Å². The lowest BCUT2D eigenvalue weighted by Gasteiger charge is -2.02. The van der Waals surface area contributed by atoms with Crippen molar-refractivity contribution in [3.63, 3.8) is 0 Å². The highest BCUT2D eigenvalue weighted by atomic mass is 32.1. The fourth-order valence-electron chi connectivity index (χ4n) is 1.43. The van der Waals surface area contributed by atoms with Gasteiger partial charge in [-0.05, 0) is 36.3 Å². The van der Waals surface area contributed by atoms with E-state index in [1.807, 2.05) is 17.0 Å². The third-order valence-corrected chi connectivity index (χ3v) is 2.63. The highest BCUT2D eigenvalue weighted by Gasteiger charge is 1.96. The fourth-order valence-corrected chi connectivity index (χ4v) is 1.65. The summed E-state index contributed by atoms with van der Waals surface area (Å²) in [6.07, 6.45) is 4.57. The molecule has 15 heavy (non-hydrogen) atoms. The predicted molar refractivity (Wildman–Crippen MR) is 59.7 cm³/mol. The Morgan fingerprint density at radius 2 is 2.00 bits per heavy atom. The molecule has 1 aromatic carbocycles. The first-order chi connectivity index (χ1) is 7.25. The number of nitrogens with one attached hydrogen (secondary N) is 1. The van der Waals surface area contributed by atoms with Crippen LogP contribution >= 0.6 is 12.2 Å². The van der Waals surface area contributed by atoms with Gasteiger partial charge in [-0.15, -0.1) is 0 Å². The largest absolute Gasteiger partial charge is 0.337 e. The highest BCUT2D eigenvalue weighted by Crippen LogP contribution is 2.05. The van der Waals surface area contributed by atoms with E-state index in [0.717, 1.165) is 23.3 Å². The zero-order chi connectivity index (χ0) is 10.7. The van der Waals surface area contributed by atoms with E-state index >= 15 is 0 Å². The van der Waals surface area contributed by atoms with Crippen molar-refractivity contribution in [3.05, 3.63) is 52.8 Å². The van der Waals surface area contributed by atoms with Gasteiger partial charge in [0.15, 0.2) is 4.77 Å². The molecule has 0 amide bonds. The molecule has 1 heterocycles. The summed E-state index contributed by atoms with van der Waals surface area (Å²) in [4.78, 5) is 2.93. The van der Waals surface area contributed by atoms with E-state index < -0.39 is 0 Å². The number of halogens is 1. The van der Waals surface area contributed by atoms with Gasteiger partial charge in [-0.1, -0.05) is 12.1 Å². The minimum atomic E-state index is -0.197. The molecule has 78 valence electrons. The average Bonchev–Trinajstić information content (AvgIpc) is 2.63. The van der Waals surface area contributed by atoms with Gasteiger partial charge >= 0.3 is 0 Å². The minimum Gasteiger partial charge on any atom is -0.337 e. The molecule has 0 unspecified atom stereocenters. The average molecular weight is 222 g/mol. The van der Waals surface area contributed by atoms with Crippen molar-refractivity contribution >= 4 is 12.2 Å².